The molecule has 1 saturated heterocycles. The maximum absolute atomic E-state index is 13.8. The Bertz CT molecular complexity index is 703. The first-order chi connectivity index (χ1) is 10.1. The van der Waals surface area contributed by atoms with Gasteiger partial charge in [0.2, 0.25) is 0 Å². The summed E-state index contributed by atoms with van der Waals surface area (Å²) in [5.74, 6) is -0.816. The van der Waals surface area contributed by atoms with Crippen LogP contribution >= 0.6 is 0 Å². The number of rotatable bonds is 3. The molecule has 1 aromatic heterocycles. The molecule has 0 unspecified atom stereocenters. The molecule has 1 fully saturated rings. The van der Waals surface area contributed by atoms with Crippen LogP contribution in [0.5, 0.6) is 0 Å². The number of benzene rings is 1. The van der Waals surface area contributed by atoms with E-state index in [0.29, 0.717) is 24.4 Å². The number of halogens is 1. The lowest BCUT2D eigenvalue weighted by molar-refractivity contribution is -0.112. The summed E-state index contributed by atoms with van der Waals surface area (Å²) < 4.78 is 15.2. The van der Waals surface area contributed by atoms with Crippen molar-refractivity contribution in [2.45, 2.75) is 6.92 Å². The SMILES string of the molecule is CC(C(=O)Nc1cc(-n2cnnn2)ccc1F)=C1CNC1. The van der Waals surface area contributed by atoms with E-state index in [0.717, 1.165) is 5.57 Å². The van der Waals surface area contributed by atoms with Gasteiger partial charge >= 0.3 is 0 Å². The molecule has 0 bridgehead atoms. The van der Waals surface area contributed by atoms with E-state index in [1.54, 1.807) is 6.92 Å². The van der Waals surface area contributed by atoms with Crippen LogP contribution in [0.4, 0.5) is 10.1 Å². The van der Waals surface area contributed by atoms with Crippen LogP contribution in [0.1, 0.15) is 6.92 Å². The number of anilines is 1. The van der Waals surface area contributed by atoms with E-state index < -0.39 is 5.82 Å². The minimum absolute atomic E-state index is 0.0974. The van der Waals surface area contributed by atoms with Crippen molar-refractivity contribution in [2.75, 3.05) is 18.4 Å². The Labute approximate surface area is 119 Å². The van der Waals surface area contributed by atoms with E-state index in [2.05, 4.69) is 26.2 Å². The van der Waals surface area contributed by atoms with E-state index in [4.69, 9.17) is 0 Å². The highest BCUT2D eigenvalue weighted by Gasteiger charge is 2.17. The van der Waals surface area contributed by atoms with E-state index in [-0.39, 0.29) is 11.6 Å². The molecule has 8 heteroatoms. The predicted molar refractivity (Wildman–Crippen MR) is 73.3 cm³/mol. The van der Waals surface area contributed by atoms with Gasteiger partial charge in [0.25, 0.3) is 5.91 Å². The zero-order chi connectivity index (χ0) is 14.8. The fourth-order valence-corrected chi connectivity index (χ4v) is 1.92. The maximum Gasteiger partial charge on any atom is 0.251 e. The average molecular weight is 288 g/mol. The Morgan fingerprint density at radius 1 is 1.43 bits per heavy atom. The summed E-state index contributed by atoms with van der Waals surface area (Å²) in [6, 6.07) is 4.28. The van der Waals surface area contributed by atoms with Gasteiger partial charge in [0.1, 0.15) is 12.1 Å². The van der Waals surface area contributed by atoms with E-state index in [9.17, 15) is 9.18 Å². The van der Waals surface area contributed by atoms with Gasteiger partial charge in [0, 0.05) is 18.7 Å². The number of hydrogen-bond donors (Lipinski definition) is 2. The first-order valence-corrected chi connectivity index (χ1v) is 6.39. The summed E-state index contributed by atoms with van der Waals surface area (Å²) in [5.41, 5.74) is 2.30. The van der Waals surface area contributed by atoms with E-state index in [1.807, 2.05) is 0 Å². The molecule has 1 aromatic carbocycles. The number of tetrazole rings is 1. The average Bonchev–Trinajstić information content (AvgIpc) is 2.93. The lowest BCUT2D eigenvalue weighted by Gasteiger charge is -2.21. The third-order valence-corrected chi connectivity index (χ3v) is 3.36. The minimum Gasteiger partial charge on any atom is -0.320 e. The summed E-state index contributed by atoms with van der Waals surface area (Å²) in [4.78, 5) is 12.1. The van der Waals surface area contributed by atoms with Crippen molar-refractivity contribution in [2.24, 2.45) is 0 Å². The topological polar surface area (TPSA) is 84.7 Å². The number of amides is 1. The van der Waals surface area contributed by atoms with Crippen molar-refractivity contribution < 1.29 is 9.18 Å². The highest BCUT2D eigenvalue weighted by molar-refractivity contribution is 6.04. The second kappa shape index (κ2) is 5.41. The Hall–Kier alpha value is -2.61. The number of nitrogens with zero attached hydrogens (tertiary/aromatic N) is 4. The first kappa shape index (κ1) is 13.4. The maximum atomic E-state index is 13.8. The van der Waals surface area contributed by atoms with E-state index in [1.165, 1.54) is 29.2 Å². The summed E-state index contributed by atoms with van der Waals surface area (Å²) in [6.45, 7) is 3.13. The third kappa shape index (κ3) is 2.65. The number of nitrogens with one attached hydrogen (secondary N) is 2. The molecule has 0 aliphatic carbocycles. The summed E-state index contributed by atoms with van der Waals surface area (Å²) >= 11 is 0. The Morgan fingerprint density at radius 3 is 2.86 bits per heavy atom. The molecule has 2 aromatic rings. The van der Waals surface area contributed by atoms with Gasteiger partial charge in [0.15, 0.2) is 0 Å². The van der Waals surface area contributed by atoms with Crippen molar-refractivity contribution in [1.29, 1.82) is 0 Å². The molecule has 1 amide bonds. The molecule has 7 nitrogen and oxygen atoms in total. The van der Waals surface area contributed by atoms with Gasteiger partial charge in [-0.05, 0) is 41.1 Å². The van der Waals surface area contributed by atoms with Crippen LogP contribution in [0.25, 0.3) is 5.69 Å². The molecule has 2 N–H and O–H groups in total. The standard InChI is InChI=1S/C13H13FN6O/c1-8(9-5-15-6-9)13(21)17-12-4-10(2-3-11(12)14)20-7-16-18-19-20/h2-4,7,15H,5-6H2,1H3,(H,17,21). The fourth-order valence-electron chi connectivity index (χ4n) is 1.92. The van der Waals surface area contributed by atoms with E-state index >= 15 is 0 Å². The van der Waals surface area contributed by atoms with Gasteiger partial charge in [-0.2, -0.15) is 0 Å². The monoisotopic (exact) mass is 288 g/mol. The summed E-state index contributed by atoms with van der Waals surface area (Å²) in [6.07, 6.45) is 1.39. The quantitative estimate of drug-likeness (QED) is 0.810. The lowest BCUT2D eigenvalue weighted by atomic mass is 10.0. The smallest absolute Gasteiger partial charge is 0.251 e. The van der Waals surface area contributed by atoms with Crippen LogP contribution in [0.3, 0.4) is 0 Å². The van der Waals surface area contributed by atoms with Crippen LogP contribution in [-0.4, -0.2) is 39.2 Å². The first-order valence-electron chi connectivity index (χ1n) is 6.39. The zero-order valence-corrected chi connectivity index (χ0v) is 11.3. The van der Waals surface area contributed by atoms with Crippen LogP contribution in [0.2, 0.25) is 0 Å². The molecule has 3 rings (SSSR count). The van der Waals surface area contributed by atoms with Crippen molar-refractivity contribution in [3.63, 3.8) is 0 Å². The molecule has 108 valence electrons. The molecule has 0 spiro atoms. The summed E-state index contributed by atoms with van der Waals surface area (Å²) in [5, 5.41) is 16.4. The predicted octanol–water partition coefficient (Wildman–Crippen LogP) is 0.660. The highest BCUT2D eigenvalue weighted by Crippen LogP contribution is 2.20. The summed E-state index contributed by atoms with van der Waals surface area (Å²) in [7, 11) is 0. The van der Waals surface area contributed by atoms with Crippen LogP contribution in [-0.2, 0) is 4.79 Å². The molecule has 0 atom stereocenters. The second-order valence-electron chi connectivity index (χ2n) is 4.70. The highest BCUT2D eigenvalue weighted by atomic mass is 19.1. The fraction of sp³-hybridized carbons (Fsp3) is 0.231. The molecule has 0 radical (unpaired) electrons. The van der Waals surface area contributed by atoms with Gasteiger partial charge < -0.3 is 10.6 Å². The molecular weight excluding hydrogens is 275 g/mol. The third-order valence-electron chi connectivity index (χ3n) is 3.36. The van der Waals surface area contributed by atoms with Crippen LogP contribution in [0.15, 0.2) is 35.7 Å². The molecule has 1 aliphatic heterocycles. The Morgan fingerprint density at radius 2 is 2.24 bits per heavy atom. The molecular formula is C13H13FN6O. The van der Waals surface area contributed by atoms with Crippen molar-refractivity contribution in [1.82, 2.24) is 25.5 Å². The van der Waals surface area contributed by atoms with Crippen LogP contribution in [0, 0.1) is 5.82 Å². The van der Waals surface area contributed by atoms with Crippen molar-refractivity contribution in [3.05, 3.63) is 41.5 Å². The van der Waals surface area contributed by atoms with Gasteiger partial charge in [-0.1, -0.05) is 0 Å². The van der Waals surface area contributed by atoms with Crippen molar-refractivity contribution >= 4 is 11.6 Å². The Balaban J connectivity index is 1.85. The molecule has 0 saturated carbocycles. The number of carbonyl (C=O) groups is 1. The van der Waals surface area contributed by atoms with Gasteiger partial charge in [-0.15, -0.1) is 5.10 Å². The molecule has 2 heterocycles. The largest absolute Gasteiger partial charge is 0.320 e. The Kier molecular flexibility index (Phi) is 3.44. The van der Waals surface area contributed by atoms with Gasteiger partial charge in [-0.3, -0.25) is 4.79 Å². The lowest BCUT2D eigenvalue weighted by Crippen LogP contribution is -2.36. The number of carbonyl (C=O) groups excluding carboxylic acids is 1. The van der Waals surface area contributed by atoms with Crippen molar-refractivity contribution in [3.8, 4) is 5.69 Å². The van der Waals surface area contributed by atoms with Crippen LogP contribution < -0.4 is 10.6 Å². The zero-order valence-electron chi connectivity index (χ0n) is 11.3. The molecule has 1 aliphatic rings. The number of hydrogen-bond acceptors (Lipinski definition) is 5. The number of aromatic nitrogens is 4. The van der Waals surface area contributed by atoms with Gasteiger partial charge in [0.05, 0.1) is 11.4 Å². The molecule has 21 heavy (non-hydrogen) atoms. The van der Waals surface area contributed by atoms with Gasteiger partial charge in [-0.25, -0.2) is 9.07 Å². The minimum atomic E-state index is -0.510. The normalized spacial score (nSPS) is 13.7. The second-order valence-corrected chi connectivity index (χ2v) is 4.70.